The summed E-state index contributed by atoms with van der Waals surface area (Å²) >= 11 is 1.90. The lowest BCUT2D eigenvalue weighted by Crippen LogP contribution is -2.43. The van der Waals surface area contributed by atoms with E-state index < -0.39 is 0 Å². The third-order valence-corrected chi connectivity index (χ3v) is 8.43. The molecule has 1 saturated heterocycles. The van der Waals surface area contributed by atoms with E-state index in [1.54, 1.807) is 0 Å². The third kappa shape index (κ3) is 4.10. The van der Waals surface area contributed by atoms with Crippen molar-refractivity contribution in [2.75, 3.05) is 45.6 Å². The average Bonchev–Trinajstić information content (AvgIpc) is 3.57. The highest BCUT2D eigenvalue weighted by molar-refractivity contribution is 7.16. The molecule has 0 atom stereocenters. The number of hydrogen-bond donors (Lipinski definition) is 3. The molecule has 0 bridgehead atoms. The Bertz CT molecular complexity index is 1390. The van der Waals surface area contributed by atoms with Crippen molar-refractivity contribution in [2.24, 2.45) is 0 Å². The lowest BCUT2D eigenvalue weighted by atomic mass is 10.0. The number of H-pyrrole nitrogens is 1. The summed E-state index contributed by atoms with van der Waals surface area (Å²) in [5, 5.41) is 18.8. The second kappa shape index (κ2) is 9.07. The topological polar surface area (TPSA) is 71.0 Å². The Labute approximate surface area is 210 Å². The standard InChI is InChI=1S/C28H30N6S/c1-30-24-13-20(6-7-21(24)16-29)27-23-15-26-22(28(23)32-31-27)14-25(35-26)19-5-3-4-18(12-19)17-34-10-8-33(2)9-11-34/h3-7,12-14,16,29-30H,8-11,15,17H2,1-2H3,(H,31,32). The van der Waals surface area contributed by atoms with Crippen LogP contribution in [0.25, 0.3) is 33.0 Å². The number of nitrogens with zero attached hydrogens (tertiary/aromatic N) is 3. The van der Waals surface area contributed by atoms with Crippen molar-refractivity contribution >= 4 is 23.2 Å². The monoisotopic (exact) mass is 482 g/mol. The highest BCUT2D eigenvalue weighted by atomic mass is 32.1. The van der Waals surface area contributed by atoms with Gasteiger partial charge in [0.05, 0.1) is 11.4 Å². The van der Waals surface area contributed by atoms with Crippen LogP contribution in [0.3, 0.4) is 0 Å². The van der Waals surface area contributed by atoms with Crippen molar-refractivity contribution in [3.63, 3.8) is 0 Å². The van der Waals surface area contributed by atoms with Crippen LogP contribution in [0.15, 0.2) is 48.5 Å². The van der Waals surface area contributed by atoms with Gasteiger partial charge in [-0.05, 0) is 36.4 Å². The summed E-state index contributed by atoms with van der Waals surface area (Å²) in [6, 6.07) is 17.5. The minimum Gasteiger partial charge on any atom is -0.388 e. The van der Waals surface area contributed by atoms with Crippen LogP contribution in [0.4, 0.5) is 5.69 Å². The molecule has 1 aliphatic heterocycles. The number of piperazine rings is 1. The first-order valence-electron chi connectivity index (χ1n) is 12.2. The van der Waals surface area contributed by atoms with Gasteiger partial charge in [-0.1, -0.05) is 30.3 Å². The Morgan fingerprint density at radius 2 is 1.94 bits per heavy atom. The number of rotatable bonds is 6. The SMILES string of the molecule is CNc1cc(-c2n[nH]c3c2Cc2sc(-c4cccc(CN5CCN(C)CC5)c4)cc2-3)ccc1C=N. The van der Waals surface area contributed by atoms with E-state index >= 15 is 0 Å². The van der Waals surface area contributed by atoms with Gasteiger partial charge < -0.3 is 15.6 Å². The van der Waals surface area contributed by atoms with Gasteiger partial charge in [0.25, 0.3) is 0 Å². The molecule has 3 N–H and O–H groups in total. The van der Waals surface area contributed by atoms with Gasteiger partial charge in [-0.25, -0.2) is 0 Å². The Balaban J connectivity index is 1.25. The van der Waals surface area contributed by atoms with E-state index in [0.717, 1.165) is 67.3 Å². The fourth-order valence-corrected chi connectivity index (χ4v) is 6.38. The molecule has 4 aromatic rings. The summed E-state index contributed by atoms with van der Waals surface area (Å²) in [5.41, 5.74) is 10.3. The second-order valence-corrected chi connectivity index (χ2v) is 10.7. The molecule has 1 aliphatic carbocycles. The Kier molecular flexibility index (Phi) is 5.76. The number of thiophene rings is 1. The van der Waals surface area contributed by atoms with Crippen LogP contribution in [-0.4, -0.2) is 66.5 Å². The fraction of sp³-hybridized carbons (Fsp3) is 0.286. The quantitative estimate of drug-likeness (QED) is 0.292. The molecular formula is C28H30N6S. The number of aromatic nitrogens is 2. The van der Waals surface area contributed by atoms with Gasteiger partial charge in [-0.3, -0.25) is 10.00 Å². The van der Waals surface area contributed by atoms with E-state index in [-0.39, 0.29) is 0 Å². The molecule has 0 radical (unpaired) electrons. The van der Waals surface area contributed by atoms with Crippen molar-refractivity contribution in [1.29, 1.82) is 5.41 Å². The number of fused-ring (bicyclic) bond motifs is 3. The zero-order chi connectivity index (χ0) is 23.9. The van der Waals surface area contributed by atoms with E-state index in [0.29, 0.717) is 0 Å². The first-order chi connectivity index (χ1) is 17.1. The molecular weight excluding hydrogens is 452 g/mol. The lowest BCUT2D eigenvalue weighted by Gasteiger charge is -2.32. The van der Waals surface area contributed by atoms with Crippen LogP contribution in [0.1, 0.15) is 21.6 Å². The summed E-state index contributed by atoms with van der Waals surface area (Å²) < 4.78 is 0. The Hall–Kier alpha value is -3.26. The van der Waals surface area contributed by atoms with Gasteiger partial charge >= 0.3 is 0 Å². The van der Waals surface area contributed by atoms with Gasteiger partial charge in [0.15, 0.2) is 0 Å². The molecule has 0 spiro atoms. The molecule has 0 saturated carbocycles. The smallest absolute Gasteiger partial charge is 0.0963 e. The maximum Gasteiger partial charge on any atom is 0.0963 e. The molecule has 0 amide bonds. The van der Waals surface area contributed by atoms with Gasteiger partial charge in [0.2, 0.25) is 0 Å². The molecule has 1 fully saturated rings. The van der Waals surface area contributed by atoms with Crippen molar-refractivity contribution < 1.29 is 0 Å². The predicted molar refractivity (Wildman–Crippen MR) is 146 cm³/mol. The summed E-state index contributed by atoms with van der Waals surface area (Å²) in [6.07, 6.45) is 2.28. The lowest BCUT2D eigenvalue weighted by molar-refractivity contribution is 0.148. The van der Waals surface area contributed by atoms with Crippen molar-refractivity contribution in [3.8, 4) is 33.0 Å². The molecule has 2 aliphatic rings. The van der Waals surface area contributed by atoms with E-state index in [2.05, 4.69) is 69.7 Å². The highest BCUT2D eigenvalue weighted by Crippen LogP contribution is 2.46. The molecule has 2 aromatic carbocycles. The van der Waals surface area contributed by atoms with Crippen LogP contribution in [0.2, 0.25) is 0 Å². The molecule has 0 unspecified atom stereocenters. The van der Waals surface area contributed by atoms with E-state index in [1.807, 2.05) is 24.5 Å². The molecule has 6 nitrogen and oxygen atoms in total. The average molecular weight is 483 g/mol. The molecule has 7 heteroatoms. The fourth-order valence-electron chi connectivity index (χ4n) is 5.21. The second-order valence-electron chi connectivity index (χ2n) is 9.53. The van der Waals surface area contributed by atoms with Crippen molar-refractivity contribution in [2.45, 2.75) is 13.0 Å². The van der Waals surface area contributed by atoms with E-state index in [1.165, 1.54) is 38.2 Å². The Morgan fingerprint density at radius 1 is 1.09 bits per heavy atom. The maximum absolute atomic E-state index is 7.61. The van der Waals surface area contributed by atoms with Gasteiger partial charge in [0, 0.05) is 90.1 Å². The normalized spacial score (nSPS) is 15.7. The molecule has 2 aromatic heterocycles. The summed E-state index contributed by atoms with van der Waals surface area (Å²) in [4.78, 5) is 7.68. The Morgan fingerprint density at radius 3 is 2.74 bits per heavy atom. The summed E-state index contributed by atoms with van der Waals surface area (Å²) in [7, 11) is 4.09. The zero-order valence-electron chi connectivity index (χ0n) is 20.2. The summed E-state index contributed by atoms with van der Waals surface area (Å²) in [5.74, 6) is 0. The van der Waals surface area contributed by atoms with Gasteiger partial charge in [0.1, 0.15) is 0 Å². The van der Waals surface area contributed by atoms with Crippen LogP contribution >= 0.6 is 11.3 Å². The minimum absolute atomic E-state index is 0.877. The number of likely N-dealkylation sites (N-methyl/N-ethyl adjacent to an activating group) is 1. The molecule has 35 heavy (non-hydrogen) atoms. The summed E-state index contributed by atoms with van der Waals surface area (Å²) in [6.45, 7) is 5.59. The van der Waals surface area contributed by atoms with Crippen LogP contribution < -0.4 is 5.32 Å². The first-order valence-corrected chi connectivity index (χ1v) is 13.0. The maximum atomic E-state index is 7.61. The number of aromatic amines is 1. The minimum atomic E-state index is 0.877. The number of hydrogen-bond acceptors (Lipinski definition) is 6. The number of anilines is 1. The molecule has 3 heterocycles. The number of benzene rings is 2. The van der Waals surface area contributed by atoms with E-state index in [4.69, 9.17) is 10.5 Å². The van der Waals surface area contributed by atoms with Crippen LogP contribution in [-0.2, 0) is 13.0 Å². The predicted octanol–water partition coefficient (Wildman–Crippen LogP) is 5.16. The zero-order valence-corrected chi connectivity index (χ0v) is 21.0. The van der Waals surface area contributed by atoms with Crippen LogP contribution in [0, 0.1) is 5.41 Å². The van der Waals surface area contributed by atoms with Gasteiger partial charge in [-0.2, -0.15) is 5.10 Å². The first kappa shape index (κ1) is 22.2. The van der Waals surface area contributed by atoms with Crippen molar-refractivity contribution in [3.05, 3.63) is 70.1 Å². The molecule has 6 rings (SSSR count). The largest absolute Gasteiger partial charge is 0.388 e. The van der Waals surface area contributed by atoms with E-state index in [9.17, 15) is 0 Å². The highest BCUT2D eigenvalue weighted by Gasteiger charge is 2.28. The van der Waals surface area contributed by atoms with Crippen molar-refractivity contribution in [1.82, 2.24) is 20.0 Å². The number of nitrogens with one attached hydrogen (secondary N) is 3. The molecule has 178 valence electrons. The third-order valence-electron chi connectivity index (χ3n) is 7.25. The van der Waals surface area contributed by atoms with Crippen LogP contribution in [0.5, 0.6) is 0 Å². The van der Waals surface area contributed by atoms with Gasteiger partial charge in [-0.15, -0.1) is 11.3 Å².